The number of anilines is 1. The molecular formula is C18H19NO4. The van der Waals surface area contributed by atoms with Gasteiger partial charge in [0.2, 0.25) is 0 Å². The molecule has 1 amide bonds. The zero-order valence-corrected chi connectivity index (χ0v) is 13.4. The van der Waals surface area contributed by atoms with Crippen LogP contribution in [0.25, 0.3) is 0 Å². The molecule has 120 valence electrons. The van der Waals surface area contributed by atoms with Gasteiger partial charge in [0.1, 0.15) is 5.75 Å². The minimum atomic E-state index is -0.553. The fraction of sp³-hybridized carbons (Fsp3) is 0.222. The van der Waals surface area contributed by atoms with Gasteiger partial charge >= 0.3 is 5.97 Å². The molecule has 0 bridgehead atoms. The molecule has 0 aliphatic rings. The molecule has 0 saturated heterocycles. The predicted octanol–water partition coefficient (Wildman–Crippen LogP) is 3.11. The van der Waals surface area contributed by atoms with Gasteiger partial charge in [-0.05, 0) is 61.4 Å². The molecule has 23 heavy (non-hydrogen) atoms. The van der Waals surface area contributed by atoms with Gasteiger partial charge < -0.3 is 14.8 Å². The molecule has 5 nitrogen and oxygen atoms in total. The highest BCUT2D eigenvalue weighted by molar-refractivity contribution is 5.95. The first-order valence-corrected chi connectivity index (χ1v) is 7.18. The number of hydrogen-bond acceptors (Lipinski definition) is 4. The van der Waals surface area contributed by atoms with E-state index in [4.69, 9.17) is 9.47 Å². The number of aryl methyl sites for hydroxylation is 2. The number of rotatable bonds is 5. The van der Waals surface area contributed by atoms with Crippen LogP contribution in [-0.4, -0.2) is 25.6 Å². The zero-order valence-electron chi connectivity index (χ0n) is 13.4. The first-order valence-electron chi connectivity index (χ1n) is 7.18. The molecule has 0 aromatic heterocycles. The number of methoxy groups -OCH3 is 1. The van der Waals surface area contributed by atoms with Crippen LogP contribution in [0.2, 0.25) is 0 Å². The summed E-state index contributed by atoms with van der Waals surface area (Å²) >= 11 is 0. The molecule has 0 heterocycles. The maximum atomic E-state index is 11.9. The summed E-state index contributed by atoms with van der Waals surface area (Å²) in [6.07, 6.45) is 0. The van der Waals surface area contributed by atoms with Crippen LogP contribution in [0.4, 0.5) is 5.69 Å². The number of ether oxygens (including phenoxy) is 2. The van der Waals surface area contributed by atoms with Gasteiger partial charge in [-0.25, -0.2) is 4.79 Å². The summed E-state index contributed by atoms with van der Waals surface area (Å²) in [5.74, 6) is -0.285. The van der Waals surface area contributed by atoms with Crippen LogP contribution >= 0.6 is 0 Å². The minimum Gasteiger partial charge on any atom is -0.497 e. The van der Waals surface area contributed by atoms with Crippen molar-refractivity contribution in [1.82, 2.24) is 0 Å². The van der Waals surface area contributed by atoms with E-state index in [1.54, 1.807) is 31.4 Å². The largest absolute Gasteiger partial charge is 0.497 e. The Morgan fingerprint density at radius 1 is 1.00 bits per heavy atom. The van der Waals surface area contributed by atoms with Gasteiger partial charge in [0.15, 0.2) is 6.61 Å². The van der Waals surface area contributed by atoms with Crippen LogP contribution in [0.1, 0.15) is 21.5 Å². The Balaban J connectivity index is 1.87. The van der Waals surface area contributed by atoms with Crippen molar-refractivity contribution < 1.29 is 19.1 Å². The molecule has 2 aromatic rings. The van der Waals surface area contributed by atoms with Crippen molar-refractivity contribution in [3.05, 3.63) is 59.2 Å². The van der Waals surface area contributed by atoms with E-state index in [9.17, 15) is 9.59 Å². The van der Waals surface area contributed by atoms with Crippen molar-refractivity contribution in [2.45, 2.75) is 13.8 Å². The number of hydrogen-bond donors (Lipinski definition) is 1. The van der Waals surface area contributed by atoms with E-state index in [2.05, 4.69) is 5.32 Å². The normalized spacial score (nSPS) is 10.0. The van der Waals surface area contributed by atoms with Gasteiger partial charge in [-0.1, -0.05) is 6.07 Å². The Labute approximate surface area is 135 Å². The van der Waals surface area contributed by atoms with Gasteiger partial charge in [0.05, 0.1) is 12.7 Å². The first-order chi connectivity index (χ1) is 11.0. The standard InChI is InChI=1S/C18H19NO4/c1-12-4-7-15(10-13(12)2)19-17(20)11-23-18(21)14-5-8-16(22-3)9-6-14/h4-10H,11H2,1-3H3,(H,19,20). The highest BCUT2D eigenvalue weighted by Gasteiger charge is 2.10. The lowest BCUT2D eigenvalue weighted by Crippen LogP contribution is -2.21. The maximum absolute atomic E-state index is 11.9. The summed E-state index contributed by atoms with van der Waals surface area (Å²) in [5.41, 5.74) is 3.27. The van der Waals surface area contributed by atoms with Crippen LogP contribution in [0.15, 0.2) is 42.5 Å². The highest BCUT2D eigenvalue weighted by atomic mass is 16.5. The van der Waals surface area contributed by atoms with Crippen LogP contribution < -0.4 is 10.1 Å². The van der Waals surface area contributed by atoms with Crippen LogP contribution in [0.3, 0.4) is 0 Å². The number of esters is 1. The third kappa shape index (κ3) is 4.57. The lowest BCUT2D eigenvalue weighted by atomic mass is 10.1. The topological polar surface area (TPSA) is 64.6 Å². The zero-order chi connectivity index (χ0) is 16.8. The maximum Gasteiger partial charge on any atom is 0.338 e. The first kappa shape index (κ1) is 16.5. The molecule has 0 spiro atoms. The van der Waals surface area contributed by atoms with Crippen LogP contribution in [0, 0.1) is 13.8 Å². The average Bonchev–Trinajstić information content (AvgIpc) is 2.56. The fourth-order valence-corrected chi connectivity index (χ4v) is 1.96. The van der Waals surface area contributed by atoms with E-state index in [1.165, 1.54) is 0 Å². The smallest absolute Gasteiger partial charge is 0.338 e. The van der Waals surface area contributed by atoms with Crippen molar-refractivity contribution in [2.75, 3.05) is 19.0 Å². The number of amides is 1. The van der Waals surface area contributed by atoms with Gasteiger partial charge in [-0.15, -0.1) is 0 Å². The molecule has 5 heteroatoms. The molecule has 0 aliphatic carbocycles. The average molecular weight is 313 g/mol. The van der Waals surface area contributed by atoms with E-state index in [0.29, 0.717) is 17.0 Å². The van der Waals surface area contributed by atoms with E-state index in [-0.39, 0.29) is 12.5 Å². The number of carbonyl (C=O) groups is 2. The number of benzene rings is 2. The summed E-state index contributed by atoms with van der Waals surface area (Å²) in [4.78, 5) is 23.7. The molecular weight excluding hydrogens is 294 g/mol. The van der Waals surface area contributed by atoms with Crippen molar-refractivity contribution >= 4 is 17.6 Å². The van der Waals surface area contributed by atoms with Crippen LogP contribution in [-0.2, 0) is 9.53 Å². The lowest BCUT2D eigenvalue weighted by molar-refractivity contribution is -0.119. The molecule has 2 aromatic carbocycles. The highest BCUT2D eigenvalue weighted by Crippen LogP contribution is 2.14. The third-order valence-corrected chi connectivity index (χ3v) is 3.45. The molecule has 0 saturated carbocycles. The van der Waals surface area contributed by atoms with Gasteiger partial charge in [0.25, 0.3) is 5.91 Å². The number of carbonyl (C=O) groups excluding carboxylic acids is 2. The van der Waals surface area contributed by atoms with Crippen molar-refractivity contribution in [3.8, 4) is 5.75 Å². The molecule has 0 fully saturated rings. The van der Waals surface area contributed by atoms with Crippen molar-refractivity contribution in [3.63, 3.8) is 0 Å². The summed E-state index contributed by atoms with van der Waals surface area (Å²) < 4.78 is 10.0. The van der Waals surface area contributed by atoms with Crippen molar-refractivity contribution in [1.29, 1.82) is 0 Å². The summed E-state index contributed by atoms with van der Waals surface area (Å²) in [6, 6.07) is 12.1. The Morgan fingerprint density at radius 3 is 2.30 bits per heavy atom. The second-order valence-corrected chi connectivity index (χ2v) is 5.15. The predicted molar refractivity (Wildman–Crippen MR) is 87.8 cm³/mol. The Kier molecular flexibility index (Phi) is 5.36. The third-order valence-electron chi connectivity index (χ3n) is 3.45. The fourth-order valence-electron chi connectivity index (χ4n) is 1.96. The molecule has 0 aliphatic heterocycles. The summed E-state index contributed by atoms with van der Waals surface area (Å²) in [5, 5.41) is 2.70. The Morgan fingerprint density at radius 2 is 1.70 bits per heavy atom. The molecule has 2 rings (SSSR count). The van der Waals surface area contributed by atoms with E-state index in [1.807, 2.05) is 32.0 Å². The molecule has 0 unspecified atom stereocenters. The molecule has 1 N–H and O–H groups in total. The van der Waals surface area contributed by atoms with Gasteiger partial charge in [-0.2, -0.15) is 0 Å². The summed E-state index contributed by atoms with van der Waals surface area (Å²) in [6.45, 7) is 3.63. The Bertz CT molecular complexity index is 707. The summed E-state index contributed by atoms with van der Waals surface area (Å²) in [7, 11) is 1.55. The monoisotopic (exact) mass is 313 g/mol. The second kappa shape index (κ2) is 7.45. The quantitative estimate of drug-likeness (QED) is 0.861. The van der Waals surface area contributed by atoms with Crippen LogP contribution in [0.5, 0.6) is 5.75 Å². The molecule has 0 atom stereocenters. The van der Waals surface area contributed by atoms with E-state index in [0.717, 1.165) is 11.1 Å². The number of nitrogens with one attached hydrogen (secondary N) is 1. The van der Waals surface area contributed by atoms with Gasteiger partial charge in [0, 0.05) is 5.69 Å². The lowest BCUT2D eigenvalue weighted by Gasteiger charge is -2.08. The minimum absolute atomic E-state index is 0.336. The SMILES string of the molecule is COc1ccc(C(=O)OCC(=O)Nc2ccc(C)c(C)c2)cc1. The second-order valence-electron chi connectivity index (χ2n) is 5.15. The van der Waals surface area contributed by atoms with Gasteiger partial charge in [-0.3, -0.25) is 4.79 Å². The Hall–Kier alpha value is -2.82. The van der Waals surface area contributed by atoms with Crippen molar-refractivity contribution in [2.24, 2.45) is 0 Å². The van der Waals surface area contributed by atoms with E-state index >= 15 is 0 Å². The molecule has 0 radical (unpaired) electrons. The van der Waals surface area contributed by atoms with E-state index < -0.39 is 5.97 Å².